The van der Waals surface area contributed by atoms with E-state index in [9.17, 15) is 4.79 Å². The Morgan fingerprint density at radius 1 is 1.64 bits per heavy atom. The van der Waals surface area contributed by atoms with Gasteiger partial charge in [-0.2, -0.15) is 0 Å². The minimum Gasteiger partial charge on any atom is -0.456 e. The molecule has 0 radical (unpaired) electrons. The highest BCUT2D eigenvalue weighted by molar-refractivity contribution is 6.20. The van der Waals surface area contributed by atoms with Gasteiger partial charge in [0, 0.05) is 19.0 Å². The molecule has 1 rings (SSSR count). The molecule has 0 saturated heterocycles. The fourth-order valence-electron chi connectivity index (χ4n) is 1.20. The minimum atomic E-state index is -0.134. The molecule has 0 aromatic carbocycles. The minimum absolute atomic E-state index is 0.0555. The smallest absolute Gasteiger partial charge is 0.289 e. The summed E-state index contributed by atoms with van der Waals surface area (Å²) >= 11 is 5.78. The zero-order valence-corrected chi connectivity index (χ0v) is 9.34. The third-order valence-electron chi connectivity index (χ3n) is 1.82. The highest BCUT2D eigenvalue weighted by Gasteiger charge is 2.16. The van der Waals surface area contributed by atoms with Crippen LogP contribution >= 0.6 is 11.6 Å². The molecule has 0 N–H and O–H groups in total. The van der Waals surface area contributed by atoms with Crippen molar-refractivity contribution in [1.82, 2.24) is 4.90 Å². The van der Waals surface area contributed by atoms with E-state index in [4.69, 9.17) is 16.0 Å². The lowest BCUT2D eigenvalue weighted by molar-refractivity contribution is 0.0763. The Morgan fingerprint density at radius 3 is 2.71 bits per heavy atom. The standard InChI is InChI=1S/C10H14ClNO2/c1-7(11)6-12(3)10(13)9-5-4-8(2)14-9/h4-5,7H,6H2,1-3H3. The summed E-state index contributed by atoms with van der Waals surface area (Å²) in [6.07, 6.45) is 0. The molecule has 0 bridgehead atoms. The Balaban J connectivity index is 2.65. The van der Waals surface area contributed by atoms with E-state index in [-0.39, 0.29) is 11.3 Å². The van der Waals surface area contributed by atoms with E-state index in [1.165, 1.54) is 0 Å². The summed E-state index contributed by atoms with van der Waals surface area (Å²) in [7, 11) is 1.71. The van der Waals surface area contributed by atoms with Gasteiger partial charge >= 0.3 is 0 Å². The molecular formula is C10H14ClNO2. The van der Waals surface area contributed by atoms with Crippen molar-refractivity contribution in [1.29, 1.82) is 0 Å². The summed E-state index contributed by atoms with van der Waals surface area (Å²) in [5.41, 5.74) is 0. The predicted molar refractivity (Wildman–Crippen MR) is 55.7 cm³/mol. The van der Waals surface area contributed by atoms with Crippen LogP contribution in [-0.2, 0) is 0 Å². The number of aryl methyl sites for hydroxylation is 1. The first-order chi connectivity index (χ1) is 6.50. The Bertz CT molecular complexity index is 320. The Morgan fingerprint density at radius 2 is 2.29 bits per heavy atom. The molecule has 0 fully saturated rings. The number of rotatable bonds is 3. The highest BCUT2D eigenvalue weighted by Crippen LogP contribution is 2.09. The van der Waals surface area contributed by atoms with Gasteiger partial charge in [0.25, 0.3) is 5.91 Å². The lowest BCUT2D eigenvalue weighted by atomic mass is 10.3. The molecule has 1 amide bonds. The van der Waals surface area contributed by atoms with Gasteiger partial charge in [0.15, 0.2) is 5.76 Å². The molecule has 0 aliphatic rings. The summed E-state index contributed by atoms with van der Waals surface area (Å²) in [5, 5.41) is -0.0555. The van der Waals surface area contributed by atoms with Crippen LogP contribution in [0.5, 0.6) is 0 Å². The lowest BCUT2D eigenvalue weighted by Gasteiger charge is -2.16. The fourth-order valence-corrected chi connectivity index (χ4v) is 1.40. The second-order valence-corrected chi connectivity index (χ2v) is 4.12. The van der Waals surface area contributed by atoms with Crippen LogP contribution in [-0.4, -0.2) is 29.8 Å². The largest absolute Gasteiger partial charge is 0.456 e. The number of furan rings is 1. The summed E-state index contributed by atoms with van der Waals surface area (Å²) in [4.78, 5) is 13.2. The van der Waals surface area contributed by atoms with Crippen LogP contribution in [0.2, 0.25) is 0 Å². The van der Waals surface area contributed by atoms with Crippen molar-refractivity contribution in [3.8, 4) is 0 Å². The van der Waals surface area contributed by atoms with Crippen molar-refractivity contribution in [3.05, 3.63) is 23.7 Å². The molecule has 0 aliphatic heterocycles. The second kappa shape index (κ2) is 4.51. The summed E-state index contributed by atoms with van der Waals surface area (Å²) in [6.45, 7) is 4.17. The van der Waals surface area contributed by atoms with Crippen molar-refractivity contribution in [2.75, 3.05) is 13.6 Å². The van der Waals surface area contributed by atoms with E-state index < -0.39 is 0 Å². The van der Waals surface area contributed by atoms with Gasteiger partial charge in [-0.25, -0.2) is 0 Å². The van der Waals surface area contributed by atoms with Crippen LogP contribution < -0.4 is 0 Å². The number of alkyl halides is 1. The molecule has 14 heavy (non-hydrogen) atoms. The van der Waals surface area contributed by atoms with E-state index in [0.717, 1.165) is 5.76 Å². The van der Waals surface area contributed by atoms with Gasteiger partial charge < -0.3 is 9.32 Å². The van der Waals surface area contributed by atoms with Crippen molar-refractivity contribution in [2.24, 2.45) is 0 Å². The maximum Gasteiger partial charge on any atom is 0.289 e. The van der Waals surface area contributed by atoms with E-state index >= 15 is 0 Å². The van der Waals surface area contributed by atoms with Crippen LogP contribution in [0.25, 0.3) is 0 Å². The molecule has 4 heteroatoms. The number of amides is 1. The van der Waals surface area contributed by atoms with Crippen LogP contribution in [0.3, 0.4) is 0 Å². The molecule has 0 saturated carbocycles. The first kappa shape index (κ1) is 11.1. The molecule has 3 nitrogen and oxygen atoms in total. The normalized spacial score (nSPS) is 12.6. The number of hydrogen-bond acceptors (Lipinski definition) is 2. The van der Waals surface area contributed by atoms with Gasteiger partial charge in [-0.05, 0) is 26.0 Å². The van der Waals surface area contributed by atoms with E-state index in [1.807, 2.05) is 6.92 Å². The Labute approximate surface area is 88.6 Å². The molecule has 78 valence electrons. The molecule has 1 heterocycles. The third-order valence-corrected chi connectivity index (χ3v) is 1.96. The second-order valence-electron chi connectivity index (χ2n) is 3.38. The van der Waals surface area contributed by atoms with Gasteiger partial charge in [0.05, 0.1) is 0 Å². The SMILES string of the molecule is Cc1ccc(C(=O)N(C)CC(C)Cl)o1. The summed E-state index contributed by atoms with van der Waals surface area (Å²) in [6, 6.07) is 3.44. The number of nitrogens with zero attached hydrogens (tertiary/aromatic N) is 1. The van der Waals surface area contributed by atoms with E-state index in [1.54, 1.807) is 31.0 Å². The Hall–Kier alpha value is -0.960. The number of hydrogen-bond donors (Lipinski definition) is 0. The van der Waals surface area contributed by atoms with Crippen molar-refractivity contribution < 1.29 is 9.21 Å². The maximum atomic E-state index is 11.7. The first-order valence-corrected chi connectivity index (χ1v) is 4.90. The molecule has 0 spiro atoms. The molecule has 1 unspecified atom stereocenters. The molecule has 1 aromatic rings. The Kier molecular flexibility index (Phi) is 3.58. The van der Waals surface area contributed by atoms with Crippen LogP contribution in [0.4, 0.5) is 0 Å². The van der Waals surface area contributed by atoms with Gasteiger partial charge in [-0.15, -0.1) is 11.6 Å². The average Bonchev–Trinajstić information content (AvgIpc) is 2.49. The van der Waals surface area contributed by atoms with Crippen LogP contribution in [0.15, 0.2) is 16.5 Å². The molecule has 0 aliphatic carbocycles. The number of carbonyl (C=O) groups excluding carboxylic acids is 1. The quantitative estimate of drug-likeness (QED) is 0.725. The first-order valence-electron chi connectivity index (χ1n) is 4.46. The van der Waals surface area contributed by atoms with Gasteiger partial charge in [0.1, 0.15) is 5.76 Å². The monoisotopic (exact) mass is 215 g/mol. The van der Waals surface area contributed by atoms with Gasteiger partial charge in [0.2, 0.25) is 0 Å². The maximum absolute atomic E-state index is 11.7. The molecular weight excluding hydrogens is 202 g/mol. The molecule has 1 atom stereocenters. The summed E-state index contributed by atoms with van der Waals surface area (Å²) < 4.78 is 5.21. The van der Waals surface area contributed by atoms with Crippen molar-refractivity contribution in [2.45, 2.75) is 19.2 Å². The summed E-state index contributed by atoms with van der Waals surface area (Å²) in [5.74, 6) is 0.966. The van der Waals surface area contributed by atoms with Crippen LogP contribution in [0.1, 0.15) is 23.2 Å². The fraction of sp³-hybridized carbons (Fsp3) is 0.500. The van der Waals surface area contributed by atoms with Crippen molar-refractivity contribution >= 4 is 17.5 Å². The van der Waals surface area contributed by atoms with Gasteiger partial charge in [-0.1, -0.05) is 0 Å². The zero-order chi connectivity index (χ0) is 10.7. The topological polar surface area (TPSA) is 33.5 Å². The average molecular weight is 216 g/mol. The predicted octanol–water partition coefficient (Wildman–Crippen LogP) is 2.29. The number of carbonyl (C=O) groups is 1. The van der Waals surface area contributed by atoms with Crippen LogP contribution in [0, 0.1) is 6.92 Å². The lowest BCUT2D eigenvalue weighted by Crippen LogP contribution is -2.31. The van der Waals surface area contributed by atoms with E-state index in [0.29, 0.717) is 12.3 Å². The van der Waals surface area contributed by atoms with E-state index in [2.05, 4.69) is 0 Å². The number of halogens is 1. The highest BCUT2D eigenvalue weighted by atomic mass is 35.5. The zero-order valence-electron chi connectivity index (χ0n) is 8.58. The third kappa shape index (κ3) is 2.77. The van der Waals surface area contributed by atoms with Crippen molar-refractivity contribution in [3.63, 3.8) is 0 Å². The molecule has 1 aromatic heterocycles. The van der Waals surface area contributed by atoms with Gasteiger partial charge in [-0.3, -0.25) is 4.79 Å².